The zero-order chi connectivity index (χ0) is 27.3. The van der Waals surface area contributed by atoms with Crippen LogP contribution in [0.5, 0.6) is 0 Å². The van der Waals surface area contributed by atoms with Crippen LogP contribution in [0, 0.1) is 13.8 Å². The second-order valence-electron chi connectivity index (χ2n) is 10.2. The van der Waals surface area contributed by atoms with Gasteiger partial charge in [0.25, 0.3) is 0 Å². The molecule has 0 saturated carbocycles. The maximum atomic E-state index is 13.5. The van der Waals surface area contributed by atoms with Crippen LogP contribution in [0.15, 0.2) is 41.5 Å². The number of benzene rings is 1. The van der Waals surface area contributed by atoms with Crippen molar-refractivity contribution < 1.29 is 18.0 Å². The summed E-state index contributed by atoms with van der Waals surface area (Å²) in [5.41, 5.74) is 2.65. The lowest BCUT2D eigenvalue weighted by molar-refractivity contribution is -0.138. The number of aryl methyl sites for hydroxylation is 2. The normalized spacial score (nSPS) is 17.2. The molecule has 3 aromatic rings. The number of carbonyl (C=O) groups is 1. The predicted molar refractivity (Wildman–Crippen MR) is 137 cm³/mol. The van der Waals surface area contributed by atoms with Crippen LogP contribution in [-0.2, 0) is 18.0 Å². The number of halogens is 3. The molecule has 0 spiro atoms. The molecule has 0 fully saturated rings. The van der Waals surface area contributed by atoms with E-state index in [1.54, 1.807) is 26.1 Å². The Balaban J connectivity index is 1.86. The van der Waals surface area contributed by atoms with Gasteiger partial charge in [-0.3, -0.25) is 14.8 Å². The van der Waals surface area contributed by atoms with E-state index in [-0.39, 0.29) is 11.5 Å². The lowest BCUT2D eigenvalue weighted by Crippen LogP contribution is -2.48. The molecule has 0 radical (unpaired) electrons. The van der Waals surface area contributed by atoms with Crippen molar-refractivity contribution in [3.8, 4) is 0 Å². The number of aromatic nitrogens is 3. The minimum absolute atomic E-state index is 0.0263. The van der Waals surface area contributed by atoms with Gasteiger partial charge in [0.2, 0.25) is 5.91 Å². The zero-order valence-corrected chi connectivity index (χ0v) is 22.2. The van der Waals surface area contributed by atoms with Crippen molar-refractivity contribution in [1.82, 2.24) is 19.4 Å². The molecule has 1 atom stereocenters. The Hall–Kier alpha value is -3.49. The number of carbonyl (C=O) groups excluding carboxylic acids is 1. The van der Waals surface area contributed by atoms with E-state index in [0.717, 1.165) is 28.2 Å². The third kappa shape index (κ3) is 5.04. The number of nitrogens with zero attached hydrogens (tertiary/aromatic N) is 5. The number of pyridine rings is 1. The molecule has 4 rings (SSSR count). The van der Waals surface area contributed by atoms with Crippen LogP contribution in [-0.4, -0.2) is 37.4 Å². The number of fused-ring (bicyclic) bond motifs is 1. The van der Waals surface area contributed by atoms with Crippen molar-refractivity contribution in [2.45, 2.75) is 65.7 Å². The molecule has 37 heavy (non-hydrogen) atoms. The lowest BCUT2D eigenvalue weighted by atomic mass is 9.90. The van der Waals surface area contributed by atoms with Gasteiger partial charge in [0.15, 0.2) is 5.49 Å². The third-order valence-electron chi connectivity index (χ3n) is 7.22. The summed E-state index contributed by atoms with van der Waals surface area (Å²) >= 11 is 0. The van der Waals surface area contributed by atoms with Crippen LogP contribution in [0.2, 0.25) is 0 Å². The highest BCUT2D eigenvalue weighted by Gasteiger charge is 2.33. The van der Waals surface area contributed by atoms with Crippen molar-refractivity contribution in [2.24, 2.45) is 12.0 Å². The number of alkyl halides is 3. The van der Waals surface area contributed by atoms with Gasteiger partial charge in [-0.25, -0.2) is 4.98 Å². The Bertz CT molecular complexity index is 1480. The SMILES string of the molecule is CC(=O)N1CCC(c2cc3/c(=N/C(C)c4cccc(C(F)(F)F)c4C)nc(C)n(C)c3cn2)=CC1(C)C. The molecular formula is C28H32F3N5O. The van der Waals surface area contributed by atoms with Crippen molar-refractivity contribution in [2.75, 3.05) is 6.54 Å². The Morgan fingerprint density at radius 2 is 1.92 bits per heavy atom. The summed E-state index contributed by atoms with van der Waals surface area (Å²) in [6.07, 6.45) is 0.0873. The largest absolute Gasteiger partial charge is 0.416 e. The molecule has 1 aromatic carbocycles. The van der Waals surface area contributed by atoms with Crippen LogP contribution >= 0.6 is 0 Å². The van der Waals surface area contributed by atoms with Gasteiger partial charge in [-0.15, -0.1) is 0 Å². The molecule has 0 saturated heterocycles. The average molecular weight is 512 g/mol. The number of amides is 1. The molecule has 9 heteroatoms. The van der Waals surface area contributed by atoms with E-state index >= 15 is 0 Å². The maximum Gasteiger partial charge on any atom is 0.416 e. The van der Waals surface area contributed by atoms with Crippen molar-refractivity contribution in [1.29, 1.82) is 0 Å². The van der Waals surface area contributed by atoms with Crippen LogP contribution in [0.3, 0.4) is 0 Å². The summed E-state index contributed by atoms with van der Waals surface area (Å²) in [7, 11) is 1.89. The van der Waals surface area contributed by atoms with E-state index in [2.05, 4.69) is 6.08 Å². The van der Waals surface area contributed by atoms with Gasteiger partial charge in [-0.05, 0) is 69.9 Å². The molecule has 3 heterocycles. The summed E-state index contributed by atoms with van der Waals surface area (Å²) < 4.78 is 42.4. The quantitative estimate of drug-likeness (QED) is 0.455. The summed E-state index contributed by atoms with van der Waals surface area (Å²) in [6, 6.07) is 5.59. The minimum atomic E-state index is -4.43. The van der Waals surface area contributed by atoms with Crippen LogP contribution in [0.1, 0.15) is 68.4 Å². The molecule has 1 amide bonds. The Labute approximate surface area is 214 Å². The molecule has 1 aliphatic rings. The maximum absolute atomic E-state index is 13.5. The monoisotopic (exact) mass is 511 g/mol. The van der Waals surface area contributed by atoms with Crippen LogP contribution in [0.4, 0.5) is 13.2 Å². The fraction of sp³-hybridized carbons (Fsp3) is 0.429. The molecule has 196 valence electrons. The van der Waals surface area contributed by atoms with Crippen molar-refractivity contribution in [3.05, 3.63) is 70.2 Å². The molecule has 6 nitrogen and oxygen atoms in total. The van der Waals surface area contributed by atoms with E-state index in [9.17, 15) is 18.0 Å². The highest BCUT2D eigenvalue weighted by atomic mass is 19.4. The molecule has 0 N–H and O–H groups in total. The summed E-state index contributed by atoms with van der Waals surface area (Å²) in [6.45, 7) is 11.3. The van der Waals surface area contributed by atoms with Gasteiger partial charge in [0.05, 0.1) is 34.6 Å². The first-order valence-corrected chi connectivity index (χ1v) is 12.2. The molecule has 2 aromatic heterocycles. The minimum Gasteiger partial charge on any atom is -0.334 e. The van der Waals surface area contributed by atoms with Crippen LogP contribution < -0.4 is 5.49 Å². The van der Waals surface area contributed by atoms with Crippen molar-refractivity contribution in [3.63, 3.8) is 0 Å². The second-order valence-corrected chi connectivity index (χ2v) is 10.2. The van der Waals surface area contributed by atoms with E-state index in [0.29, 0.717) is 29.8 Å². The fourth-order valence-electron chi connectivity index (χ4n) is 5.16. The lowest BCUT2D eigenvalue weighted by Gasteiger charge is -2.40. The van der Waals surface area contributed by atoms with E-state index in [1.807, 2.05) is 43.4 Å². The van der Waals surface area contributed by atoms with E-state index < -0.39 is 23.3 Å². The fourth-order valence-corrected chi connectivity index (χ4v) is 5.16. The Morgan fingerprint density at radius 3 is 2.54 bits per heavy atom. The number of hydrogen-bond donors (Lipinski definition) is 0. The van der Waals surface area contributed by atoms with Gasteiger partial charge in [-0.2, -0.15) is 13.2 Å². The number of hydrogen-bond acceptors (Lipinski definition) is 4. The number of rotatable bonds is 3. The average Bonchev–Trinajstić information content (AvgIpc) is 2.80. The standard InChI is InChI=1S/C28H32F3N5O/c1-16-21(9-8-10-23(16)28(29,30)31)17(2)33-26-22-13-24(32-15-25(22)35(7)18(3)34-26)20-11-12-36(19(4)37)27(5,6)14-20/h8-10,13-15,17H,11-12H2,1-7H3/b33-26-. The molecule has 1 unspecified atom stereocenters. The van der Waals surface area contributed by atoms with Crippen LogP contribution in [0.25, 0.3) is 16.5 Å². The van der Waals surface area contributed by atoms with Gasteiger partial charge < -0.3 is 9.47 Å². The van der Waals surface area contributed by atoms with Gasteiger partial charge in [-0.1, -0.05) is 18.2 Å². The first-order valence-electron chi connectivity index (χ1n) is 12.2. The smallest absolute Gasteiger partial charge is 0.334 e. The van der Waals surface area contributed by atoms with Gasteiger partial charge in [0, 0.05) is 25.9 Å². The first kappa shape index (κ1) is 26.6. The topological polar surface area (TPSA) is 63.4 Å². The highest BCUT2D eigenvalue weighted by molar-refractivity contribution is 5.82. The van der Waals surface area contributed by atoms with Crippen molar-refractivity contribution >= 4 is 22.4 Å². The highest BCUT2D eigenvalue weighted by Crippen LogP contribution is 2.35. The Kier molecular flexibility index (Phi) is 6.77. The van der Waals surface area contributed by atoms with E-state index in [4.69, 9.17) is 15.0 Å². The molecule has 0 aliphatic carbocycles. The molecule has 1 aliphatic heterocycles. The molecular weight excluding hydrogens is 479 g/mol. The zero-order valence-electron chi connectivity index (χ0n) is 22.2. The van der Waals surface area contributed by atoms with Gasteiger partial charge >= 0.3 is 6.18 Å². The first-order chi connectivity index (χ1) is 17.2. The Morgan fingerprint density at radius 1 is 1.22 bits per heavy atom. The summed E-state index contributed by atoms with van der Waals surface area (Å²) in [5, 5.41) is 0.766. The van der Waals surface area contributed by atoms with E-state index in [1.165, 1.54) is 13.0 Å². The van der Waals surface area contributed by atoms with Gasteiger partial charge in [0.1, 0.15) is 5.82 Å². The summed E-state index contributed by atoms with van der Waals surface area (Å²) in [5.74, 6) is 0.738. The summed E-state index contributed by atoms with van der Waals surface area (Å²) in [4.78, 5) is 28.1. The predicted octanol–water partition coefficient (Wildman–Crippen LogP) is 5.68. The second kappa shape index (κ2) is 9.43. The third-order valence-corrected chi connectivity index (χ3v) is 7.22. The molecule has 0 bridgehead atoms.